The SMILES string of the molecule is CC(C)CC(C)N(C)c1cccc(Cl)c1CBr. The monoisotopic (exact) mass is 317 g/mol. The molecular formula is C14H21BrClN. The average molecular weight is 319 g/mol. The van der Waals surface area contributed by atoms with Gasteiger partial charge in [-0.1, -0.05) is 47.4 Å². The van der Waals surface area contributed by atoms with Crippen molar-refractivity contribution >= 4 is 33.2 Å². The van der Waals surface area contributed by atoms with Gasteiger partial charge in [-0.15, -0.1) is 0 Å². The van der Waals surface area contributed by atoms with E-state index in [1.54, 1.807) is 0 Å². The molecular weight excluding hydrogens is 298 g/mol. The molecule has 0 saturated carbocycles. The van der Waals surface area contributed by atoms with Gasteiger partial charge in [0.15, 0.2) is 0 Å². The molecule has 0 bridgehead atoms. The molecule has 1 rings (SSSR count). The summed E-state index contributed by atoms with van der Waals surface area (Å²) >= 11 is 9.74. The van der Waals surface area contributed by atoms with Gasteiger partial charge in [0.25, 0.3) is 0 Å². The second-order valence-electron chi connectivity index (χ2n) is 4.96. The van der Waals surface area contributed by atoms with Crippen molar-refractivity contribution in [2.75, 3.05) is 11.9 Å². The number of benzene rings is 1. The summed E-state index contributed by atoms with van der Waals surface area (Å²) in [5.74, 6) is 0.707. The quantitative estimate of drug-likeness (QED) is 0.682. The molecule has 0 heterocycles. The van der Waals surface area contributed by atoms with Crippen molar-refractivity contribution < 1.29 is 0 Å². The van der Waals surface area contributed by atoms with E-state index in [0.717, 1.165) is 10.4 Å². The van der Waals surface area contributed by atoms with E-state index in [9.17, 15) is 0 Å². The molecule has 17 heavy (non-hydrogen) atoms. The van der Waals surface area contributed by atoms with Crippen molar-refractivity contribution in [1.29, 1.82) is 0 Å². The highest BCUT2D eigenvalue weighted by molar-refractivity contribution is 9.08. The fraction of sp³-hybridized carbons (Fsp3) is 0.571. The molecule has 0 aliphatic rings. The van der Waals surface area contributed by atoms with Gasteiger partial charge in [0.05, 0.1) is 0 Å². The second-order valence-corrected chi connectivity index (χ2v) is 5.93. The van der Waals surface area contributed by atoms with Crippen molar-refractivity contribution in [2.45, 2.75) is 38.6 Å². The van der Waals surface area contributed by atoms with Crippen LogP contribution < -0.4 is 4.90 Å². The third-order valence-electron chi connectivity index (χ3n) is 3.08. The number of alkyl halides is 1. The molecule has 0 aliphatic heterocycles. The van der Waals surface area contributed by atoms with Crippen LogP contribution >= 0.6 is 27.5 Å². The van der Waals surface area contributed by atoms with Crippen molar-refractivity contribution in [1.82, 2.24) is 0 Å². The van der Waals surface area contributed by atoms with Crippen LogP contribution in [0.3, 0.4) is 0 Å². The van der Waals surface area contributed by atoms with E-state index in [1.807, 2.05) is 12.1 Å². The maximum atomic E-state index is 6.23. The van der Waals surface area contributed by atoms with Gasteiger partial charge in [0.2, 0.25) is 0 Å². The first-order chi connectivity index (χ1) is 7.97. The molecule has 1 nitrogen and oxygen atoms in total. The maximum Gasteiger partial charge on any atom is 0.0467 e. The van der Waals surface area contributed by atoms with Gasteiger partial charge >= 0.3 is 0 Å². The zero-order valence-electron chi connectivity index (χ0n) is 11.0. The van der Waals surface area contributed by atoms with Crippen LogP contribution in [0.4, 0.5) is 5.69 Å². The van der Waals surface area contributed by atoms with Gasteiger partial charge < -0.3 is 4.90 Å². The summed E-state index contributed by atoms with van der Waals surface area (Å²) in [6, 6.07) is 6.62. The summed E-state index contributed by atoms with van der Waals surface area (Å²) < 4.78 is 0. The Bertz CT molecular complexity index is 365. The van der Waals surface area contributed by atoms with Crippen molar-refractivity contribution in [2.24, 2.45) is 5.92 Å². The third kappa shape index (κ3) is 3.89. The molecule has 0 radical (unpaired) electrons. The van der Waals surface area contributed by atoms with Crippen LogP contribution in [0.2, 0.25) is 5.02 Å². The minimum absolute atomic E-state index is 0.520. The lowest BCUT2D eigenvalue weighted by molar-refractivity contribution is 0.504. The zero-order chi connectivity index (χ0) is 13.0. The van der Waals surface area contributed by atoms with Crippen molar-refractivity contribution in [3.63, 3.8) is 0 Å². The molecule has 0 spiro atoms. The molecule has 1 unspecified atom stereocenters. The Kier molecular flexibility index (Phi) is 5.81. The van der Waals surface area contributed by atoms with Crippen LogP contribution in [0.5, 0.6) is 0 Å². The first-order valence-corrected chi connectivity index (χ1v) is 7.53. The Morgan fingerprint density at radius 2 is 1.94 bits per heavy atom. The Labute approximate surface area is 118 Å². The Morgan fingerprint density at radius 3 is 2.47 bits per heavy atom. The normalized spacial score (nSPS) is 12.9. The van der Waals surface area contributed by atoms with E-state index < -0.39 is 0 Å². The molecule has 0 amide bonds. The number of hydrogen-bond acceptors (Lipinski definition) is 1. The van der Waals surface area contributed by atoms with E-state index in [2.05, 4.69) is 54.7 Å². The highest BCUT2D eigenvalue weighted by Gasteiger charge is 2.15. The highest BCUT2D eigenvalue weighted by Crippen LogP contribution is 2.30. The molecule has 0 aliphatic carbocycles. The molecule has 1 aromatic carbocycles. The molecule has 0 fully saturated rings. The first-order valence-electron chi connectivity index (χ1n) is 6.03. The predicted octanol–water partition coefficient (Wildman–Crippen LogP) is 5.11. The fourth-order valence-corrected chi connectivity index (χ4v) is 3.07. The molecule has 96 valence electrons. The lowest BCUT2D eigenvalue weighted by atomic mass is 10.0. The van der Waals surface area contributed by atoms with Gasteiger partial charge in [-0.2, -0.15) is 0 Å². The minimum atomic E-state index is 0.520. The molecule has 0 N–H and O–H groups in total. The standard InChI is InChI=1S/C14H21BrClN/c1-10(2)8-11(3)17(4)14-7-5-6-13(16)12(14)9-15/h5-7,10-11H,8-9H2,1-4H3. The topological polar surface area (TPSA) is 3.24 Å². The zero-order valence-corrected chi connectivity index (χ0v) is 13.3. The minimum Gasteiger partial charge on any atom is -0.372 e. The smallest absolute Gasteiger partial charge is 0.0467 e. The number of nitrogens with zero attached hydrogens (tertiary/aromatic N) is 1. The van der Waals surface area contributed by atoms with E-state index in [-0.39, 0.29) is 0 Å². The molecule has 1 aromatic rings. The number of halogens is 2. The number of anilines is 1. The molecule has 0 aromatic heterocycles. The van der Waals surface area contributed by atoms with Gasteiger partial charge in [0.1, 0.15) is 0 Å². The summed E-state index contributed by atoms with van der Waals surface area (Å²) in [6.07, 6.45) is 1.19. The summed E-state index contributed by atoms with van der Waals surface area (Å²) in [6.45, 7) is 6.78. The lowest BCUT2D eigenvalue weighted by Gasteiger charge is -2.30. The summed E-state index contributed by atoms with van der Waals surface area (Å²) in [4.78, 5) is 2.32. The van der Waals surface area contributed by atoms with Crippen LogP contribution in [0.1, 0.15) is 32.8 Å². The largest absolute Gasteiger partial charge is 0.372 e. The summed E-state index contributed by atoms with van der Waals surface area (Å²) in [7, 11) is 2.14. The van der Waals surface area contributed by atoms with Crippen LogP contribution in [0, 0.1) is 5.92 Å². The van der Waals surface area contributed by atoms with Crippen LogP contribution in [0.15, 0.2) is 18.2 Å². The van der Waals surface area contributed by atoms with E-state index in [0.29, 0.717) is 12.0 Å². The van der Waals surface area contributed by atoms with Crippen molar-refractivity contribution in [3.05, 3.63) is 28.8 Å². The van der Waals surface area contributed by atoms with Crippen LogP contribution in [-0.2, 0) is 5.33 Å². The summed E-state index contributed by atoms with van der Waals surface area (Å²) in [5.41, 5.74) is 2.40. The Morgan fingerprint density at radius 1 is 1.29 bits per heavy atom. The third-order valence-corrected chi connectivity index (χ3v) is 4.00. The van der Waals surface area contributed by atoms with Gasteiger partial charge in [0, 0.05) is 34.7 Å². The number of rotatable bonds is 5. The van der Waals surface area contributed by atoms with Gasteiger partial charge in [-0.25, -0.2) is 0 Å². The Hall–Kier alpha value is -0.210. The van der Waals surface area contributed by atoms with E-state index in [1.165, 1.54) is 17.7 Å². The molecule has 1 atom stereocenters. The lowest BCUT2D eigenvalue weighted by Crippen LogP contribution is -2.30. The second kappa shape index (κ2) is 6.65. The predicted molar refractivity (Wildman–Crippen MR) is 81.4 cm³/mol. The molecule has 3 heteroatoms. The molecule has 0 saturated heterocycles. The Balaban J connectivity index is 2.95. The van der Waals surface area contributed by atoms with Gasteiger partial charge in [-0.05, 0) is 31.4 Å². The van der Waals surface area contributed by atoms with Crippen LogP contribution in [0.25, 0.3) is 0 Å². The highest BCUT2D eigenvalue weighted by atomic mass is 79.9. The van der Waals surface area contributed by atoms with E-state index >= 15 is 0 Å². The fourth-order valence-electron chi connectivity index (χ4n) is 2.09. The van der Waals surface area contributed by atoms with E-state index in [4.69, 9.17) is 11.6 Å². The van der Waals surface area contributed by atoms with Gasteiger partial charge in [-0.3, -0.25) is 0 Å². The summed E-state index contributed by atoms with van der Waals surface area (Å²) in [5, 5.41) is 1.63. The average Bonchev–Trinajstić information content (AvgIpc) is 2.26. The van der Waals surface area contributed by atoms with Crippen molar-refractivity contribution in [3.8, 4) is 0 Å². The maximum absolute atomic E-state index is 6.23. The first kappa shape index (κ1) is 14.8. The number of hydrogen-bond donors (Lipinski definition) is 0. The van der Waals surface area contributed by atoms with Crippen LogP contribution in [-0.4, -0.2) is 13.1 Å².